The average molecular weight is 468 g/mol. The molecule has 2 aliphatic rings. The maximum absolute atomic E-state index is 13.5. The molecule has 2 fully saturated rings. The Morgan fingerprint density at radius 3 is 2.74 bits per heavy atom. The van der Waals surface area contributed by atoms with Gasteiger partial charge >= 0.3 is 0 Å². The van der Waals surface area contributed by atoms with Crippen molar-refractivity contribution < 1.29 is 23.6 Å². The van der Waals surface area contributed by atoms with Gasteiger partial charge in [0, 0.05) is 30.1 Å². The lowest BCUT2D eigenvalue weighted by Gasteiger charge is -2.38. The van der Waals surface area contributed by atoms with Gasteiger partial charge in [0.2, 0.25) is 11.6 Å². The summed E-state index contributed by atoms with van der Waals surface area (Å²) < 4.78 is 19.1. The van der Waals surface area contributed by atoms with E-state index < -0.39 is 5.92 Å². The number of fused-ring (bicyclic) bond motifs is 1. The second kappa shape index (κ2) is 9.84. The van der Waals surface area contributed by atoms with E-state index >= 15 is 0 Å². The van der Waals surface area contributed by atoms with E-state index in [2.05, 4.69) is 15.3 Å². The lowest BCUT2D eigenvalue weighted by molar-refractivity contribution is -0.148. The summed E-state index contributed by atoms with van der Waals surface area (Å²) >= 11 is 0. The number of Topliss-reactive ketones (excluding diaryl/α,β-unsaturated/α-hetero) is 1. The fraction of sp³-hybridized carbons (Fsp3) is 0.458. The maximum atomic E-state index is 13.5. The van der Waals surface area contributed by atoms with E-state index in [0.29, 0.717) is 49.3 Å². The first kappa shape index (κ1) is 22.4. The Labute approximate surface area is 195 Å². The Kier molecular flexibility index (Phi) is 6.48. The van der Waals surface area contributed by atoms with Crippen LogP contribution in [0.5, 0.6) is 0 Å². The number of ether oxygens (including phenoxy) is 1. The van der Waals surface area contributed by atoms with Crippen molar-refractivity contribution in [3.63, 3.8) is 0 Å². The van der Waals surface area contributed by atoms with Gasteiger partial charge in [0.05, 0.1) is 13.2 Å². The Bertz CT molecular complexity index is 1170. The molecular formula is C24H26FN5O4. The van der Waals surface area contributed by atoms with Gasteiger partial charge in [-0.15, -0.1) is 5.10 Å². The van der Waals surface area contributed by atoms with Crippen molar-refractivity contribution in [3.05, 3.63) is 54.0 Å². The summed E-state index contributed by atoms with van der Waals surface area (Å²) in [7, 11) is 0. The third-order valence-electron chi connectivity index (χ3n) is 6.56. The van der Waals surface area contributed by atoms with Crippen LogP contribution in [0.25, 0.3) is 11.2 Å². The molecule has 0 spiro atoms. The number of pyridine rings is 1. The zero-order valence-corrected chi connectivity index (χ0v) is 18.7. The molecule has 1 aliphatic heterocycles. The summed E-state index contributed by atoms with van der Waals surface area (Å²) in [6.07, 6.45) is 4.45. The molecule has 5 rings (SSSR count). The Balaban J connectivity index is 1.23. The predicted octanol–water partition coefficient (Wildman–Crippen LogP) is 2.31. The topological polar surface area (TPSA) is 99.4 Å². The zero-order valence-electron chi connectivity index (χ0n) is 18.7. The highest BCUT2D eigenvalue weighted by Crippen LogP contribution is 2.34. The van der Waals surface area contributed by atoms with Crippen molar-refractivity contribution in [2.24, 2.45) is 11.8 Å². The molecule has 0 N–H and O–H groups in total. The Hall–Kier alpha value is -3.40. The minimum Gasteiger partial charge on any atom is -0.391 e. The van der Waals surface area contributed by atoms with Crippen molar-refractivity contribution in [1.82, 2.24) is 25.0 Å². The van der Waals surface area contributed by atoms with E-state index in [4.69, 9.17) is 9.57 Å². The molecule has 2 aromatic heterocycles. The summed E-state index contributed by atoms with van der Waals surface area (Å²) in [6.45, 7) is 1.41. The van der Waals surface area contributed by atoms with E-state index in [0.717, 1.165) is 12.8 Å². The van der Waals surface area contributed by atoms with Gasteiger partial charge in [0.1, 0.15) is 24.0 Å². The summed E-state index contributed by atoms with van der Waals surface area (Å²) in [4.78, 5) is 39.6. The largest absolute Gasteiger partial charge is 0.391 e. The van der Waals surface area contributed by atoms with Gasteiger partial charge in [-0.05, 0) is 54.5 Å². The summed E-state index contributed by atoms with van der Waals surface area (Å²) in [5, 5.41) is 7.96. The van der Waals surface area contributed by atoms with Gasteiger partial charge in [-0.1, -0.05) is 17.7 Å². The van der Waals surface area contributed by atoms with Gasteiger partial charge in [0.25, 0.3) is 0 Å². The van der Waals surface area contributed by atoms with Gasteiger partial charge in [-0.2, -0.15) is 0 Å². The molecule has 9 nitrogen and oxygen atoms in total. The van der Waals surface area contributed by atoms with Crippen molar-refractivity contribution >= 4 is 22.9 Å². The standard InChI is InChI=1S/C24H26FN5O4/c25-17-9-7-16(8-10-17)22(31)19-4-1-2-5-20(19)24(32)29-12-13-33-18(14-29)15-34-30-23-21(27-28-30)6-3-11-26-23/h3,6-11,18-20H,1-2,4-5,12-15H2/t18?,19-,20-/m1/s1. The molecule has 0 radical (unpaired) electrons. The minimum atomic E-state index is -0.392. The molecule has 3 atom stereocenters. The number of nitrogens with zero attached hydrogens (tertiary/aromatic N) is 5. The first-order valence-electron chi connectivity index (χ1n) is 11.6. The summed E-state index contributed by atoms with van der Waals surface area (Å²) in [5.41, 5.74) is 1.58. The number of aromatic nitrogens is 4. The zero-order chi connectivity index (χ0) is 23.5. The van der Waals surface area contributed by atoms with Crippen LogP contribution in [0.3, 0.4) is 0 Å². The van der Waals surface area contributed by atoms with Crippen LogP contribution >= 0.6 is 0 Å². The third kappa shape index (κ3) is 4.63. The van der Waals surface area contributed by atoms with Crippen LogP contribution in [0.2, 0.25) is 0 Å². The molecule has 1 unspecified atom stereocenters. The van der Waals surface area contributed by atoms with Crippen LogP contribution in [0.15, 0.2) is 42.6 Å². The highest BCUT2D eigenvalue weighted by molar-refractivity contribution is 6.00. The van der Waals surface area contributed by atoms with Gasteiger partial charge in [0.15, 0.2) is 5.78 Å². The van der Waals surface area contributed by atoms with E-state index in [1.807, 2.05) is 0 Å². The van der Waals surface area contributed by atoms with E-state index in [-0.39, 0.29) is 36.1 Å². The first-order chi connectivity index (χ1) is 16.6. The number of amides is 1. The molecule has 3 heterocycles. The molecule has 1 aliphatic carbocycles. The normalized spacial score (nSPS) is 23.1. The molecule has 3 aromatic rings. The second-order valence-electron chi connectivity index (χ2n) is 8.75. The monoisotopic (exact) mass is 467 g/mol. The van der Waals surface area contributed by atoms with Gasteiger partial charge in [-0.3, -0.25) is 9.59 Å². The number of rotatable bonds is 6. The fourth-order valence-corrected chi connectivity index (χ4v) is 4.81. The molecule has 0 bridgehead atoms. The molecule has 1 saturated heterocycles. The summed E-state index contributed by atoms with van der Waals surface area (Å²) in [6, 6.07) is 9.13. The SMILES string of the molecule is O=C(c1ccc(F)cc1)[C@@H]1CCCC[C@H]1C(=O)N1CCOC(COn2nnc3cccnc32)C1. The van der Waals surface area contributed by atoms with Crippen molar-refractivity contribution in [1.29, 1.82) is 0 Å². The van der Waals surface area contributed by atoms with Crippen molar-refractivity contribution in [2.45, 2.75) is 31.8 Å². The smallest absolute Gasteiger partial charge is 0.226 e. The predicted molar refractivity (Wildman–Crippen MR) is 119 cm³/mol. The highest BCUT2D eigenvalue weighted by Gasteiger charge is 2.39. The molecule has 1 aromatic carbocycles. The quantitative estimate of drug-likeness (QED) is 0.513. The maximum Gasteiger partial charge on any atom is 0.226 e. The number of hydrogen-bond donors (Lipinski definition) is 0. The van der Waals surface area contributed by atoms with Crippen LogP contribution in [0.4, 0.5) is 4.39 Å². The van der Waals surface area contributed by atoms with Crippen molar-refractivity contribution in [3.8, 4) is 0 Å². The molecule has 34 heavy (non-hydrogen) atoms. The Morgan fingerprint density at radius 2 is 1.91 bits per heavy atom. The number of hydrogen-bond acceptors (Lipinski definition) is 7. The lowest BCUT2D eigenvalue weighted by Crippen LogP contribution is -2.51. The summed E-state index contributed by atoms with van der Waals surface area (Å²) in [5.74, 6) is -1.27. The van der Waals surface area contributed by atoms with Crippen LogP contribution in [-0.2, 0) is 9.53 Å². The number of carbonyl (C=O) groups is 2. The minimum absolute atomic E-state index is 0.0265. The van der Waals surface area contributed by atoms with E-state index in [1.54, 1.807) is 23.2 Å². The number of halogens is 1. The van der Waals surface area contributed by atoms with Crippen LogP contribution in [0, 0.1) is 17.7 Å². The molecule has 10 heteroatoms. The molecule has 1 amide bonds. The fourth-order valence-electron chi connectivity index (χ4n) is 4.81. The molecule has 1 saturated carbocycles. The van der Waals surface area contributed by atoms with Crippen LogP contribution < -0.4 is 4.84 Å². The lowest BCUT2D eigenvalue weighted by atomic mass is 9.74. The third-order valence-corrected chi connectivity index (χ3v) is 6.56. The van der Waals surface area contributed by atoms with Gasteiger partial charge < -0.3 is 14.5 Å². The Morgan fingerprint density at radius 1 is 1.12 bits per heavy atom. The number of ketones is 1. The molecular weight excluding hydrogens is 441 g/mol. The average Bonchev–Trinajstić information content (AvgIpc) is 3.30. The number of carbonyl (C=O) groups excluding carboxylic acids is 2. The molecule has 178 valence electrons. The van der Waals surface area contributed by atoms with Crippen molar-refractivity contribution in [2.75, 3.05) is 26.3 Å². The van der Waals surface area contributed by atoms with E-state index in [1.165, 1.54) is 29.1 Å². The van der Waals surface area contributed by atoms with Crippen LogP contribution in [0.1, 0.15) is 36.0 Å². The first-order valence-corrected chi connectivity index (χ1v) is 11.6. The van der Waals surface area contributed by atoms with E-state index in [9.17, 15) is 14.0 Å². The number of benzene rings is 1. The number of morpholine rings is 1. The van der Waals surface area contributed by atoms with Crippen LogP contribution in [-0.4, -0.2) is 69.1 Å². The highest BCUT2D eigenvalue weighted by atomic mass is 19.1. The second-order valence-corrected chi connectivity index (χ2v) is 8.75. The van der Waals surface area contributed by atoms with Gasteiger partial charge in [-0.25, -0.2) is 9.37 Å².